The Kier molecular flexibility index (Phi) is 15.9. The van der Waals surface area contributed by atoms with Gasteiger partial charge in [0.25, 0.3) is 0 Å². The molecule has 0 spiro atoms. The van der Waals surface area contributed by atoms with Gasteiger partial charge in [-0.25, -0.2) is 0 Å². The minimum Gasteiger partial charge on any atom is -0.497 e. The SMILES string of the molecule is COc1ccc(CO[C@H]2C[C@@H](COCc3ccccc3)O[C@H]2[C@@H](C)CC(=O)C[C@H](C)[C@@H]2O[C@H](COCc3ccccc3)C[C@@H]2OCc2ccc(OC)cc2)cc1. The minimum atomic E-state index is -0.243. The van der Waals surface area contributed by atoms with E-state index in [-0.39, 0.29) is 54.2 Å². The van der Waals surface area contributed by atoms with Crippen LogP contribution in [0.1, 0.15) is 61.8 Å². The van der Waals surface area contributed by atoms with E-state index in [2.05, 4.69) is 38.1 Å². The summed E-state index contributed by atoms with van der Waals surface area (Å²) in [5, 5.41) is 0. The largest absolute Gasteiger partial charge is 0.497 e. The lowest BCUT2D eigenvalue weighted by Crippen LogP contribution is -2.34. The third-order valence-corrected chi connectivity index (χ3v) is 10.7. The van der Waals surface area contributed by atoms with Crippen LogP contribution in [-0.2, 0) is 59.6 Å². The summed E-state index contributed by atoms with van der Waals surface area (Å²) >= 11 is 0. The lowest BCUT2D eigenvalue weighted by atomic mass is 9.88. The van der Waals surface area contributed by atoms with Gasteiger partial charge in [-0.05, 0) is 58.4 Å². The smallest absolute Gasteiger partial charge is 0.133 e. The van der Waals surface area contributed by atoms with Gasteiger partial charge in [0.2, 0.25) is 0 Å². The lowest BCUT2D eigenvalue weighted by Gasteiger charge is -2.27. The molecule has 2 aliphatic rings. The van der Waals surface area contributed by atoms with E-state index >= 15 is 0 Å². The van der Waals surface area contributed by atoms with Crippen molar-refractivity contribution in [1.29, 1.82) is 0 Å². The Labute approximate surface area is 332 Å². The average molecular weight is 767 g/mol. The molecule has 0 unspecified atom stereocenters. The van der Waals surface area contributed by atoms with Crippen molar-refractivity contribution in [2.75, 3.05) is 27.4 Å². The fourth-order valence-corrected chi connectivity index (χ4v) is 7.71. The quantitative estimate of drug-likeness (QED) is 0.0781. The molecule has 9 heteroatoms. The van der Waals surface area contributed by atoms with Crippen LogP contribution in [0.25, 0.3) is 0 Å². The van der Waals surface area contributed by atoms with Crippen LogP contribution in [0.4, 0.5) is 0 Å². The van der Waals surface area contributed by atoms with Gasteiger partial charge in [0.15, 0.2) is 0 Å². The molecule has 2 aliphatic heterocycles. The minimum absolute atomic E-state index is 0.0551. The zero-order chi connectivity index (χ0) is 39.1. The molecule has 4 aromatic rings. The van der Waals surface area contributed by atoms with Crippen LogP contribution in [0.5, 0.6) is 11.5 Å². The lowest BCUT2D eigenvalue weighted by molar-refractivity contribution is -0.126. The molecule has 8 atom stereocenters. The maximum absolute atomic E-state index is 13.8. The number of methoxy groups -OCH3 is 2. The topological polar surface area (TPSA) is 90.9 Å². The van der Waals surface area contributed by atoms with Crippen molar-refractivity contribution in [1.82, 2.24) is 0 Å². The van der Waals surface area contributed by atoms with Crippen LogP contribution in [0.3, 0.4) is 0 Å². The molecule has 0 N–H and O–H groups in total. The Morgan fingerprint density at radius 2 is 0.929 bits per heavy atom. The molecule has 0 aromatic heterocycles. The molecule has 2 heterocycles. The van der Waals surface area contributed by atoms with Gasteiger partial charge in [-0.15, -0.1) is 0 Å². The van der Waals surface area contributed by atoms with E-state index in [9.17, 15) is 4.79 Å². The first-order chi connectivity index (χ1) is 27.4. The average Bonchev–Trinajstić information content (AvgIpc) is 3.84. The number of carbonyl (C=O) groups is 1. The molecule has 300 valence electrons. The Morgan fingerprint density at radius 1 is 0.554 bits per heavy atom. The second kappa shape index (κ2) is 21.4. The normalized spacial score (nSPS) is 23.1. The van der Waals surface area contributed by atoms with Crippen molar-refractivity contribution < 1.29 is 42.7 Å². The van der Waals surface area contributed by atoms with Gasteiger partial charge in [-0.2, -0.15) is 0 Å². The molecule has 0 aliphatic carbocycles. The van der Waals surface area contributed by atoms with Gasteiger partial charge >= 0.3 is 0 Å². The third-order valence-electron chi connectivity index (χ3n) is 10.7. The van der Waals surface area contributed by atoms with Crippen molar-refractivity contribution in [2.45, 2.75) is 103 Å². The van der Waals surface area contributed by atoms with Gasteiger partial charge in [-0.3, -0.25) is 4.79 Å². The molecule has 0 bridgehead atoms. The summed E-state index contributed by atoms with van der Waals surface area (Å²) in [7, 11) is 3.32. The Morgan fingerprint density at radius 3 is 1.30 bits per heavy atom. The predicted octanol–water partition coefficient (Wildman–Crippen LogP) is 8.54. The summed E-state index contributed by atoms with van der Waals surface area (Å²) < 4.78 is 49.0. The van der Waals surface area contributed by atoms with Gasteiger partial charge in [-0.1, -0.05) is 98.8 Å². The first-order valence-electron chi connectivity index (χ1n) is 19.9. The van der Waals surface area contributed by atoms with E-state index in [1.165, 1.54) is 0 Å². The molecule has 56 heavy (non-hydrogen) atoms. The van der Waals surface area contributed by atoms with E-state index < -0.39 is 0 Å². The molecule has 2 fully saturated rings. The molecule has 6 rings (SSSR count). The van der Waals surface area contributed by atoms with Gasteiger partial charge in [0, 0.05) is 25.7 Å². The van der Waals surface area contributed by atoms with Crippen molar-refractivity contribution in [3.63, 3.8) is 0 Å². The van der Waals surface area contributed by atoms with Crippen molar-refractivity contribution >= 4 is 5.78 Å². The first kappa shape index (κ1) is 41.5. The monoisotopic (exact) mass is 766 g/mol. The molecular weight excluding hydrogens is 709 g/mol. The molecule has 2 saturated heterocycles. The Hall–Kier alpha value is -4.09. The van der Waals surface area contributed by atoms with Crippen molar-refractivity contribution in [2.24, 2.45) is 11.8 Å². The van der Waals surface area contributed by atoms with E-state index in [1.54, 1.807) is 14.2 Å². The number of rotatable bonds is 22. The summed E-state index contributed by atoms with van der Waals surface area (Å²) in [6, 6.07) is 36.1. The van der Waals surface area contributed by atoms with Crippen LogP contribution < -0.4 is 9.47 Å². The summed E-state index contributed by atoms with van der Waals surface area (Å²) in [6.45, 7) is 7.02. The van der Waals surface area contributed by atoms with Crippen LogP contribution in [0.15, 0.2) is 109 Å². The van der Waals surface area contributed by atoms with Gasteiger partial charge < -0.3 is 37.9 Å². The highest BCUT2D eigenvalue weighted by atomic mass is 16.6. The second-order valence-corrected chi connectivity index (χ2v) is 15.2. The van der Waals surface area contributed by atoms with E-state index in [0.29, 0.717) is 65.3 Å². The number of benzene rings is 4. The molecule has 0 radical (unpaired) electrons. The number of carbonyl (C=O) groups excluding carboxylic acids is 1. The Bertz CT molecular complexity index is 1590. The first-order valence-corrected chi connectivity index (χ1v) is 19.9. The van der Waals surface area contributed by atoms with Crippen LogP contribution >= 0.6 is 0 Å². The fourth-order valence-electron chi connectivity index (χ4n) is 7.71. The number of hydrogen-bond acceptors (Lipinski definition) is 9. The number of ketones is 1. The van der Waals surface area contributed by atoms with Crippen molar-refractivity contribution in [3.05, 3.63) is 131 Å². The molecule has 0 amide bonds. The second-order valence-electron chi connectivity index (χ2n) is 15.2. The highest BCUT2D eigenvalue weighted by molar-refractivity contribution is 5.79. The summed E-state index contributed by atoms with van der Waals surface area (Å²) in [4.78, 5) is 13.8. The van der Waals surface area contributed by atoms with E-state index in [4.69, 9.17) is 37.9 Å². The summed E-state index contributed by atoms with van der Waals surface area (Å²) in [5.41, 5.74) is 4.34. The number of ether oxygens (including phenoxy) is 8. The maximum Gasteiger partial charge on any atom is 0.133 e. The fraction of sp³-hybridized carbons (Fsp3) is 0.468. The Balaban J connectivity index is 1.05. The highest BCUT2D eigenvalue weighted by Gasteiger charge is 2.42. The zero-order valence-corrected chi connectivity index (χ0v) is 33.3. The molecule has 0 saturated carbocycles. The predicted molar refractivity (Wildman–Crippen MR) is 214 cm³/mol. The van der Waals surface area contributed by atoms with Crippen LogP contribution in [0, 0.1) is 11.8 Å². The van der Waals surface area contributed by atoms with Crippen LogP contribution in [0.2, 0.25) is 0 Å². The van der Waals surface area contributed by atoms with E-state index in [1.807, 2.05) is 84.9 Å². The van der Waals surface area contributed by atoms with Gasteiger partial charge in [0.1, 0.15) is 17.3 Å². The summed E-state index contributed by atoms with van der Waals surface area (Å²) in [5.74, 6) is 1.67. The molecular formula is C47H58O9. The van der Waals surface area contributed by atoms with Crippen LogP contribution in [-0.4, -0.2) is 69.8 Å². The molecule has 4 aromatic carbocycles. The molecule has 9 nitrogen and oxygen atoms in total. The number of Topliss-reactive ketones (excluding diaryl/α,β-unsaturated/α-hetero) is 1. The van der Waals surface area contributed by atoms with E-state index in [0.717, 1.165) is 33.8 Å². The van der Waals surface area contributed by atoms with Gasteiger partial charge in [0.05, 0.1) is 90.5 Å². The third kappa shape index (κ3) is 12.5. The standard InChI is InChI=1S/C47H58O9/c1-33(46-44(53-29-37-15-19-40(49-3)20-16-37)25-42(55-46)31-51-27-35-11-7-5-8-12-35)23-39(48)24-34(2)47-45(54-30-38-17-21-41(50-4)22-18-38)26-43(56-47)32-52-28-36-13-9-6-10-14-36/h5-22,33-34,42-47H,23-32H2,1-4H3/t33-,34-,42-,43-,44-,45-,46-,47-/m0/s1. The summed E-state index contributed by atoms with van der Waals surface area (Å²) in [6.07, 6.45) is 1.06. The van der Waals surface area contributed by atoms with Crippen molar-refractivity contribution in [3.8, 4) is 11.5 Å². The number of hydrogen-bond donors (Lipinski definition) is 0. The highest BCUT2D eigenvalue weighted by Crippen LogP contribution is 2.34. The zero-order valence-electron chi connectivity index (χ0n) is 33.3. The maximum atomic E-state index is 13.8.